The summed E-state index contributed by atoms with van der Waals surface area (Å²) in [6, 6.07) is 9.20. The Morgan fingerprint density at radius 3 is 2.47 bits per heavy atom. The highest BCUT2D eigenvalue weighted by atomic mass is 35.5. The average Bonchev–Trinajstić information content (AvgIpc) is 3.28. The molecule has 176 valence electrons. The first-order chi connectivity index (χ1) is 16.2. The number of hydrogen-bond acceptors (Lipinski definition) is 7. The van der Waals surface area contributed by atoms with Crippen LogP contribution in [0.2, 0.25) is 5.02 Å². The maximum Gasteiger partial charge on any atom is 0.336 e. The molecule has 0 fully saturated rings. The van der Waals surface area contributed by atoms with E-state index in [1.54, 1.807) is 24.5 Å². The van der Waals surface area contributed by atoms with Crippen molar-refractivity contribution in [2.24, 2.45) is 0 Å². The number of pyridine rings is 1. The molecular formula is C22H19ClN4O5S2. The lowest BCUT2D eigenvalue weighted by molar-refractivity contribution is 0.0954. The van der Waals surface area contributed by atoms with Crippen molar-refractivity contribution >= 4 is 43.5 Å². The Bertz CT molecular complexity index is 1590. The van der Waals surface area contributed by atoms with E-state index in [1.807, 2.05) is 0 Å². The molecule has 9 nitrogen and oxygen atoms in total. The van der Waals surface area contributed by atoms with E-state index in [-0.39, 0.29) is 28.4 Å². The SMILES string of the molecule is Cc1c(=O)n(CCS(=O)(=O)c2ccc(Cl)cc2)c(=O)n2cc(C(=O)NCc3ccncc3)sc12. The number of benzene rings is 1. The predicted octanol–water partition coefficient (Wildman–Crippen LogP) is 2.28. The number of sulfone groups is 1. The maximum atomic E-state index is 13.0. The smallest absolute Gasteiger partial charge is 0.336 e. The van der Waals surface area contributed by atoms with Crippen molar-refractivity contribution < 1.29 is 13.2 Å². The highest BCUT2D eigenvalue weighted by molar-refractivity contribution is 7.91. The molecule has 0 bridgehead atoms. The van der Waals surface area contributed by atoms with Crippen molar-refractivity contribution in [2.45, 2.75) is 24.9 Å². The lowest BCUT2D eigenvalue weighted by atomic mass is 10.3. The van der Waals surface area contributed by atoms with Crippen LogP contribution in [0.1, 0.15) is 20.8 Å². The van der Waals surface area contributed by atoms with Gasteiger partial charge in [0.05, 0.1) is 10.6 Å². The fraction of sp³-hybridized carbons (Fsp3) is 0.182. The van der Waals surface area contributed by atoms with Gasteiger partial charge in [-0.2, -0.15) is 0 Å². The molecule has 34 heavy (non-hydrogen) atoms. The maximum absolute atomic E-state index is 13.0. The van der Waals surface area contributed by atoms with E-state index < -0.39 is 32.7 Å². The summed E-state index contributed by atoms with van der Waals surface area (Å²) in [4.78, 5) is 43.0. The highest BCUT2D eigenvalue weighted by Gasteiger charge is 2.20. The van der Waals surface area contributed by atoms with Crippen molar-refractivity contribution in [2.75, 3.05) is 5.75 Å². The first-order valence-electron chi connectivity index (χ1n) is 10.1. The molecule has 0 saturated heterocycles. The summed E-state index contributed by atoms with van der Waals surface area (Å²) >= 11 is 6.83. The molecule has 1 aromatic carbocycles. The van der Waals surface area contributed by atoms with Gasteiger partial charge in [-0.05, 0) is 48.9 Å². The fourth-order valence-electron chi connectivity index (χ4n) is 3.31. The van der Waals surface area contributed by atoms with Crippen LogP contribution in [-0.4, -0.2) is 34.0 Å². The van der Waals surface area contributed by atoms with Crippen LogP contribution in [0.25, 0.3) is 4.83 Å². The molecule has 0 saturated carbocycles. The molecule has 4 rings (SSSR count). The van der Waals surface area contributed by atoms with Gasteiger partial charge in [0, 0.05) is 42.3 Å². The van der Waals surface area contributed by atoms with E-state index in [0.717, 1.165) is 21.5 Å². The number of rotatable bonds is 7. The van der Waals surface area contributed by atoms with E-state index in [4.69, 9.17) is 11.6 Å². The average molecular weight is 519 g/mol. The Hall–Kier alpha value is -3.28. The molecule has 3 heterocycles. The Kier molecular flexibility index (Phi) is 6.69. The zero-order chi connectivity index (χ0) is 24.5. The van der Waals surface area contributed by atoms with Gasteiger partial charge in [0.25, 0.3) is 11.5 Å². The molecule has 12 heteroatoms. The first-order valence-corrected chi connectivity index (χ1v) is 12.9. The van der Waals surface area contributed by atoms with Crippen LogP contribution in [0.3, 0.4) is 0 Å². The molecule has 0 atom stereocenters. The third-order valence-corrected chi connectivity index (χ3v) is 8.35. The number of fused-ring (bicyclic) bond motifs is 1. The highest BCUT2D eigenvalue weighted by Crippen LogP contribution is 2.19. The first kappa shape index (κ1) is 23.9. The van der Waals surface area contributed by atoms with Gasteiger partial charge < -0.3 is 5.32 Å². The van der Waals surface area contributed by atoms with Crippen LogP contribution in [0.4, 0.5) is 0 Å². The van der Waals surface area contributed by atoms with Gasteiger partial charge in [0.15, 0.2) is 9.84 Å². The number of carbonyl (C=O) groups is 1. The van der Waals surface area contributed by atoms with E-state index in [2.05, 4.69) is 10.3 Å². The van der Waals surface area contributed by atoms with Gasteiger partial charge >= 0.3 is 5.69 Å². The Morgan fingerprint density at radius 1 is 1.12 bits per heavy atom. The van der Waals surface area contributed by atoms with Crippen molar-refractivity contribution in [1.82, 2.24) is 19.3 Å². The summed E-state index contributed by atoms with van der Waals surface area (Å²) in [5, 5.41) is 3.16. The minimum absolute atomic E-state index is 0.0477. The Labute approximate surface area is 203 Å². The number of aromatic nitrogens is 3. The van der Waals surface area contributed by atoms with Crippen LogP contribution in [0.5, 0.6) is 0 Å². The number of nitrogens with zero attached hydrogens (tertiary/aromatic N) is 3. The van der Waals surface area contributed by atoms with Gasteiger partial charge in [-0.15, -0.1) is 11.3 Å². The molecule has 4 aromatic rings. The fourth-order valence-corrected chi connectivity index (χ4v) is 5.65. The summed E-state index contributed by atoms with van der Waals surface area (Å²) in [5.41, 5.74) is -0.190. The van der Waals surface area contributed by atoms with Crippen LogP contribution in [0.15, 0.2) is 69.5 Å². The third-order valence-electron chi connectivity index (χ3n) is 5.18. The second kappa shape index (κ2) is 9.53. The Balaban J connectivity index is 1.60. The quantitative estimate of drug-likeness (QED) is 0.401. The molecular weight excluding hydrogens is 500 g/mol. The standard InChI is InChI=1S/C22H19ClN4O5S2/c1-14-20(29)26(10-11-34(31,32)17-4-2-16(23)3-5-17)22(30)27-13-18(33-21(14)27)19(28)25-12-15-6-8-24-9-7-15/h2-9,13H,10-12H2,1H3,(H,25,28). The number of thiazole rings is 1. The molecule has 0 aliphatic heterocycles. The number of aryl methyl sites for hydroxylation is 1. The summed E-state index contributed by atoms with van der Waals surface area (Å²) in [6.45, 7) is 1.49. The molecule has 0 aliphatic rings. The zero-order valence-electron chi connectivity index (χ0n) is 17.9. The number of amides is 1. The van der Waals surface area contributed by atoms with Gasteiger partial charge in [0.1, 0.15) is 9.71 Å². The summed E-state index contributed by atoms with van der Waals surface area (Å²) in [6.07, 6.45) is 4.60. The number of nitrogens with one attached hydrogen (secondary N) is 1. The van der Waals surface area contributed by atoms with Crippen LogP contribution < -0.4 is 16.6 Å². The van der Waals surface area contributed by atoms with Crippen LogP contribution in [-0.2, 0) is 22.9 Å². The molecule has 1 N–H and O–H groups in total. The summed E-state index contributed by atoms with van der Waals surface area (Å²) in [7, 11) is -3.75. The van der Waals surface area contributed by atoms with Crippen molar-refractivity contribution in [3.8, 4) is 0 Å². The molecule has 0 spiro atoms. The second-order valence-electron chi connectivity index (χ2n) is 7.45. The minimum Gasteiger partial charge on any atom is -0.347 e. The molecule has 3 aromatic heterocycles. The van der Waals surface area contributed by atoms with Crippen molar-refractivity contribution in [1.29, 1.82) is 0 Å². The summed E-state index contributed by atoms with van der Waals surface area (Å²) < 4.78 is 27.4. The third kappa shape index (κ3) is 4.81. The second-order valence-corrected chi connectivity index (χ2v) is 11.0. The van der Waals surface area contributed by atoms with Crippen LogP contribution in [0, 0.1) is 6.92 Å². The van der Waals surface area contributed by atoms with Gasteiger partial charge in [-0.1, -0.05) is 11.6 Å². The largest absolute Gasteiger partial charge is 0.347 e. The van der Waals surface area contributed by atoms with Gasteiger partial charge in [-0.25, -0.2) is 13.2 Å². The van der Waals surface area contributed by atoms with E-state index in [9.17, 15) is 22.8 Å². The van der Waals surface area contributed by atoms with Gasteiger partial charge in [0.2, 0.25) is 0 Å². The molecule has 0 aliphatic carbocycles. The van der Waals surface area contributed by atoms with Gasteiger partial charge in [-0.3, -0.25) is 23.5 Å². The van der Waals surface area contributed by atoms with E-state index in [0.29, 0.717) is 9.85 Å². The normalized spacial score (nSPS) is 11.6. The topological polar surface area (TPSA) is 120 Å². The minimum atomic E-state index is -3.75. The number of halogens is 1. The lowest BCUT2D eigenvalue weighted by Gasteiger charge is -2.08. The van der Waals surface area contributed by atoms with Crippen molar-refractivity contribution in [3.63, 3.8) is 0 Å². The number of hydrogen-bond donors (Lipinski definition) is 1. The summed E-state index contributed by atoms with van der Waals surface area (Å²) in [5.74, 6) is -0.841. The monoisotopic (exact) mass is 518 g/mol. The number of carbonyl (C=O) groups excluding carboxylic acids is 1. The van der Waals surface area contributed by atoms with Crippen molar-refractivity contribution in [3.05, 3.63) is 96.9 Å². The molecule has 1 amide bonds. The zero-order valence-corrected chi connectivity index (χ0v) is 20.3. The Morgan fingerprint density at radius 2 is 1.79 bits per heavy atom. The molecule has 0 unspecified atom stereocenters. The molecule has 0 radical (unpaired) electrons. The van der Waals surface area contributed by atoms with E-state index in [1.165, 1.54) is 41.8 Å². The van der Waals surface area contributed by atoms with E-state index >= 15 is 0 Å². The lowest BCUT2D eigenvalue weighted by Crippen LogP contribution is -2.39. The van der Waals surface area contributed by atoms with Crippen LogP contribution >= 0.6 is 22.9 Å². The predicted molar refractivity (Wildman–Crippen MR) is 129 cm³/mol.